The average molecular weight is 143 g/mol. The van der Waals surface area contributed by atoms with E-state index in [2.05, 4.69) is 4.74 Å². The second-order valence-electron chi connectivity index (χ2n) is 2.40. The summed E-state index contributed by atoms with van der Waals surface area (Å²) in [5, 5.41) is 0. The van der Waals surface area contributed by atoms with Gasteiger partial charge in [0, 0.05) is 6.42 Å². The summed E-state index contributed by atoms with van der Waals surface area (Å²) in [4.78, 5) is 20.2. The van der Waals surface area contributed by atoms with Crippen LogP contribution in [0.2, 0.25) is 0 Å². The lowest BCUT2D eigenvalue weighted by Crippen LogP contribution is -2.08. The molecule has 0 aromatic rings. The third kappa shape index (κ3) is 5.28. The second-order valence-corrected chi connectivity index (χ2v) is 2.40. The highest BCUT2D eigenvalue weighted by atomic mass is 16.5. The molecule has 1 radical (unpaired) electrons. The van der Waals surface area contributed by atoms with Crippen molar-refractivity contribution in [2.75, 3.05) is 6.61 Å². The van der Waals surface area contributed by atoms with Crippen LogP contribution >= 0.6 is 0 Å². The largest absolute Gasteiger partial charge is 0.457 e. The number of ether oxygens (including phenoxy) is 1. The number of carbonyl (C=O) groups is 1. The van der Waals surface area contributed by atoms with Crippen LogP contribution in [0.25, 0.3) is 0 Å². The van der Waals surface area contributed by atoms with Gasteiger partial charge in [-0.25, -0.2) is 0 Å². The maximum absolute atomic E-state index is 10.6. The van der Waals surface area contributed by atoms with Crippen LogP contribution in [-0.4, -0.2) is 18.9 Å². The van der Waals surface area contributed by atoms with Gasteiger partial charge < -0.3 is 4.74 Å². The van der Waals surface area contributed by atoms with Crippen molar-refractivity contribution < 1.29 is 14.3 Å². The molecule has 0 aromatic carbocycles. The molecule has 0 spiro atoms. The maximum Gasteiger partial charge on any atom is 0.306 e. The number of esters is 1. The molecule has 0 amide bonds. The van der Waals surface area contributed by atoms with Crippen molar-refractivity contribution in [3.8, 4) is 0 Å². The van der Waals surface area contributed by atoms with Crippen molar-refractivity contribution in [2.24, 2.45) is 5.92 Å². The Morgan fingerprint density at radius 3 is 2.60 bits per heavy atom. The second kappa shape index (κ2) is 4.97. The van der Waals surface area contributed by atoms with Crippen LogP contribution in [0.15, 0.2) is 0 Å². The van der Waals surface area contributed by atoms with Gasteiger partial charge in [-0.15, -0.1) is 0 Å². The molecule has 0 fully saturated rings. The molecule has 0 rings (SSSR count). The summed E-state index contributed by atoms with van der Waals surface area (Å²) in [6.45, 7) is 3.57. The van der Waals surface area contributed by atoms with Crippen molar-refractivity contribution in [3.63, 3.8) is 0 Å². The summed E-state index contributed by atoms with van der Waals surface area (Å²) >= 11 is 0. The monoisotopic (exact) mass is 143 g/mol. The third-order valence-electron chi connectivity index (χ3n) is 0.867. The zero-order chi connectivity index (χ0) is 7.98. The van der Waals surface area contributed by atoms with E-state index in [1.54, 1.807) is 0 Å². The smallest absolute Gasteiger partial charge is 0.306 e. The molecule has 0 heterocycles. The summed E-state index contributed by atoms with van der Waals surface area (Å²) in [5.74, 6) is -0.0579. The van der Waals surface area contributed by atoms with Gasteiger partial charge in [0.15, 0.2) is 6.61 Å². The van der Waals surface area contributed by atoms with Crippen LogP contribution in [0.5, 0.6) is 0 Å². The lowest BCUT2D eigenvalue weighted by atomic mass is 10.1. The molecule has 57 valence electrons. The van der Waals surface area contributed by atoms with E-state index < -0.39 is 0 Å². The van der Waals surface area contributed by atoms with E-state index in [-0.39, 0.29) is 18.5 Å². The van der Waals surface area contributed by atoms with E-state index in [0.717, 1.165) is 0 Å². The molecule has 0 N–H and O–H groups in total. The normalized spacial score (nSPS) is 9.50. The third-order valence-corrected chi connectivity index (χ3v) is 0.867. The molecule has 0 saturated heterocycles. The van der Waals surface area contributed by atoms with Gasteiger partial charge in [0.25, 0.3) is 0 Å². The minimum absolute atomic E-state index is 0.244. The number of hydrogen-bond acceptors (Lipinski definition) is 3. The Morgan fingerprint density at radius 1 is 1.60 bits per heavy atom. The maximum atomic E-state index is 10.6. The Bertz CT molecular complexity index is 118. The molecule has 3 nitrogen and oxygen atoms in total. The molecule has 0 bridgehead atoms. The summed E-state index contributed by atoms with van der Waals surface area (Å²) in [6, 6.07) is 0. The Hall–Kier alpha value is -0.860. The molecular formula is C7H11O3. The molecule has 0 aliphatic carbocycles. The van der Waals surface area contributed by atoms with Crippen LogP contribution in [0.4, 0.5) is 0 Å². The van der Waals surface area contributed by atoms with E-state index in [1.165, 1.54) is 6.29 Å². The quantitative estimate of drug-likeness (QED) is 0.544. The molecule has 0 atom stereocenters. The average Bonchev–Trinajstić information content (AvgIpc) is 1.82. The van der Waals surface area contributed by atoms with Gasteiger partial charge in [0.05, 0.1) is 0 Å². The summed E-state index contributed by atoms with van der Waals surface area (Å²) < 4.78 is 4.44. The fourth-order valence-corrected chi connectivity index (χ4v) is 0.502. The van der Waals surface area contributed by atoms with Gasteiger partial charge in [-0.3, -0.25) is 9.59 Å². The van der Waals surface area contributed by atoms with Crippen LogP contribution in [0, 0.1) is 5.92 Å². The minimum Gasteiger partial charge on any atom is -0.457 e. The first kappa shape index (κ1) is 9.14. The van der Waals surface area contributed by atoms with Crippen LogP contribution in [0.3, 0.4) is 0 Å². The lowest BCUT2D eigenvalue weighted by Gasteiger charge is -2.01. The SMILES string of the molecule is CC(C)CC(=O)OC[C]=O. The molecule has 10 heavy (non-hydrogen) atoms. The molecule has 0 saturated carbocycles. The van der Waals surface area contributed by atoms with Crippen molar-refractivity contribution in [1.29, 1.82) is 0 Å². The van der Waals surface area contributed by atoms with E-state index in [1.807, 2.05) is 13.8 Å². The fourth-order valence-electron chi connectivity index (χ4n) is 0.502. The highest BCUT2D eigenvalue weighted by molar-refractivity contribution is 5.71. The Balaban J connectivity index is 3.34. The summed E-state index contributed by atoms with van der Waals surface area (Å²) in [5.41, 5.74) is 0. The standard InChI is InChI=1S/C7H11O3/c1-6(2)5-7(9)10-4-3-8/h6H,4-5H2,1-2H3. The molecule has 0 unspecified atom stereocenters. The van der Waals surface area contributed by atoms with Crippen molar-refractivity contribution in [2.45, 2.75) is 20.3 Å². The van der Waals surface area contributed by atoms with Gasteiger partial charge in [0.1, 0.15) is 0 Å². The molecule has 3 heteroatoms. The molecule has 0 aromatic heterocycles. The van der Waals surface area contributed by atoms with Crippen molar-refractivity contribution >= 4 is 12.3 Å². The van der Waals surface area contributed by atoms with Gasteiger partial charge >= 0.3 is 5.97 Å². The van der Waals surface area contributed by atoms with Gasteiger partial charge in [-0.2, -0.15) is 0 Å². The van der Waals surface area contributed by atoms with Gasteiger partial charge in [-0.05, 0) is 5.92 Å². The Labute approximate surface area is 60.4 Å². The summed E-state index contributed by atoms with van der Waals surface area (Å²) in [6.07, 6.45) is 1.84. The highest BCUT2D eigenvalue weighted by Gasteiger charge is 2.04. The van der Waals surface area contributed by atoms with Crippen LogP contribution < -0.4 is 0 Å². The van der Waals surface area contributed by atoms with E-state index in [9.17, 15) is 9.59 Å². The highest BCUT2D eigenvalue weighted by Crippen LogP contribution is 1.99. The summed E-state index contributed by atoms with van der Waals surface area (Å²) in [7, 11) is 0. The number of hydrogen-bond donors (Lipinski definition) is 0. The zero-order valence-corrected chi connectivity index (χ0v) is 6.22. The Morgan fingerprint density at radius 2 is 2.20 bits per heavy atom. The fraction of sp³-hybridized carbons (Fsp3) is 0.714. The topological polar surface area (TPSA) is 43.4 Å². The molecular weight excluding hydrogens is 132 g/mol. The van der Waals surface area contributed by atoms with Crippen LogP contribution in [-0.2, 0) is 14.3 Å². The number of carbonyl (C=O) groups excluding carboxylic acids is 2. The molecule has 0 aliphatic heterocycles. The van der Waals surface area contributed by atoms with Gasteiger partial charge in [-0.1, -0.05) is 13.8 Å². The lowest BCUT2D eigenvalue weighted by molar-refractivity contribution is -0.142. The first-order valence-electron chi connectivity index (χ1n) is 3.17. The first-order chi connectivity index (χ1) is 4.66. The first-order valence-corrected chi connectivity index (χ1v) is 3.17. The predicted octanol–water partition coefficient (Wildman–Crippen LogP) is 0.685. The van der Waals surface area contributed by atoms with Crippen molar-refractivity contribution in [1.82, 2.24) is 0 Å². The van der Waals surface area contributed by atoms with Gasteiger partial charge in [0.2, 0.25) is 6.29 Å². The Kier molecular flexibility index (Phi) is 4.54. The minimum atomic E-state index is -0.335. The van der Waals surface area contributed by atoms with Crippen molar-refractivity contribution in [3.05, 3.63) is 0 Å². The van der Waals surface area contributed by atoms with Crippen LogP contribution in [0.1, 0.15) is 20.3 Å². The van der Waals surface area contributed by atoms with E-state index in [0.29, 0.717) is 6.42 Å². The molecule has 0 aliphatic rings. The predicted molar refractivity (Wildman–Crippen MR) is 36.1 cm³/mol. The van der Waals surface area contributed by atoms with E-state index >= 15 is 0 Å². The zero-order valence-electron chi connectivity index (χ0n) is 6.22. The van der Waals surface area contributed by atoms with E-state index in [4.69, 9.17) is 0 Å². The number of rotatable bonds is 4.